The van der Waals surface area contributed by atoms with Gasteiger partial charge in [-0.05, 0) is 55.0 Å². The molecule has 0 heterocycles. The summed E-state index contributed by atoms with van der Waals surface area (Å²) < 4.78 is 5.16. The summed E-state index contributed by atoms with van der Waals surface area (Å²) in [5, 5.41) is 5.78. The van der Waals surface area contributed by atoms with Gasteiger partial charge in [0.25, 0.3) is 11.8 Å². The molecule has 2 N–H and O–H groups in total. The third-order valence-corrected chi connectivity index (χ3v) is 4.68. The number of benzene rings is 3. The average Bonchev–Trinajstić information content (AvgIpc) is 2.75. The highest BCUT2D eigenvalue weighted by atomic mass is 35.5. The Bertz CT molecular complexity index is 1070. The Hall–Kier alpha value is -3.57. The quantitative estimate of drug-likeness (QED) is 0.547. The van der Waals surface area contributed by atoms with Crippen molar-refractivity contribution in [1.29, 1.82) is 0 Å². The lowest BCUT2D eigenvalue weighted by Crippen LogP contribution is -2.30. The fourth-order valence-electron chi connectivity index (χ4n) is 2.70. The number of carbonyl (C=O) groups excluding carboxylic acids is 2. The second kappa shape index (κ2) is 9.76. The van der Waals surface area contributed by atoms with Crippen LogP contribution < -0.4 is 15.4 Å². The molecule has 3 aromatic carbocycles. The van der Waals surface area contributed by atoms with Crippen LogP contribution in [0, 0.1) is 6.92 Å². The van der Waals surface area contributed by atoms with Crippen molar-refractivity contribution in [3.8, 4) is 5.75 Å². The molecule has 0 spiro atoms. The number of halogens is 1. The number of rotatable bonds is 6. The molecule has 0 aliphatic rings. The van der Waals surface area contributed by atoms with Crippen LogP contribution in [0.3, 0.4) is 0 Å². The maximum Gasteiger partial charge on any atom is 0.272 e. The Morgan fingerprint density at radius 3 is 2.23 bits per heavy atom. The van der Waals surface area contributed by atoms with Gasteiger partial charge in [0, 0.05) is 5.69 Å². The van der Waals surface area contributed by atoms with E-state index in [1.165, 1.54) is 0 Å². The predicted octanol–water partition coefficient (Wildman–Crippen LogP) is 5.07. The minimum Gasteiger partial charge on any atom is -0.497 e. The summed E-state index contributed by atoms with van der Waals surface area (Å²) in [6.07, 6.45) is 1.59. The third-order valence-electron chi connectivity index (χ3n) is 4.35. The van der Waals surface area contributed by atoms with E-state index >= 15 is 0 Å². The van der Waals surface area contributed by atoms with Crippen molar-refractivity contribution in [2.75, 3.05) is 12.4 Å². The molecule has 0 saturated heterocycles. The lowest BCUT2D eigenvalue weighted by molar-refractivity contribution is -0.113. The topological polar surface area (TPSA) is 67.4 Å². The molecule has 0 fully saturated rings. The van der Waals surface area contributed by atoms with Crippen LogP contribution in [0.4, 0.5) is 5.69 Å². The maximum atomic E-state index is 12.9. The fourth-order valence-corrected chi connectivity index (χ4v) is 2.92. The minimum atomic E-state index is -0.473. The van der Waals surface area contributed by atoms with Crippen molar-refractivity contribution in [2.45, 2.75) is 6.92 Å². The van der Waals surface area contributed by atoms with Gasteiger partial charge in [0.05, 0.1) is 17.7 Å². The van der Waals surface area contributed by atoms with Crippen molar-refractivity contribution in [3.63, 3.8) is 0 Å². The van der Waals surface area contributed by atoms with Gasteiger partial charge < -0.3 is 15.4 Å². The van der Waals surface area contributed by atoms with Crippen LogP contribution in [-0.4, -0.2) is 18.9 Å². The Labute approximate surface area is 180 Å². The Morgan fingerprint density at radius 1 is 0.933 bits per heavy atom. The van der Waals surface area contributed by atoms with E-state index in [1.807, 2.05) is 19.1 Å². The van der Waals surface area contributed by atoms with Gasteiger partial charge in [-0.3, -0.25) is 9.59 Å². The number of hydrogen-bond acceptors (Lipinski definition) is 3. The smallest absolute Gasteiger partial charge is 0.272 e. The lowest BCUT2D eigenvalue weighted by atomic mass is 10.1. The van der Waals surface area contributed by atoms with Gasteiger partial charge in [-0.2, -0.15) is 0 Å². The summed E-state index contributed by atoms with van der Waals surface area (Å²) in [6.45, 7) is 1.96. The maximum absolute atomic E-state index is 12.9. The number of amides is 2. The molecule has 152 valence electrons. The van der Waals surface area contributed by atoms with Gasteiger partial charge in [-0.15, -0.1) is 0 Å². The van der Waals surface area contributed by atoms with Crippen molar-refractivity contribution in [1.82, 2.24) is 5.32 Å². The molecule has 0 atom stereocenters. The molecule has 5 nitrogen and oxygen atoms in total. The van der Waals surface area contributed by atoms with Crippen LogP contribution in [0.15, 0.2) is 78.5 Å². The minimum absolute atomic E-state index is 0.0886. The van der Waals surface area contributed by atoms with E-state index in [0.29, 0.717) is 16.5 Å². The van der Waals surface area contributed by atoms with Crippen molar-refractivity contribution >= 4 is 35.2 Å². The molecule has 0 saturated carbocycles. The third kappa shape index (κ3) is 5.49. The molecule has 6 heteroatoms. The number of hydrogen-bond donors (Lipinski definition) is 2. The van der Waals surface area contributed by atoms with E-state index in [0.717, 1.165) is 11.1 Å². The molecule has 0 aliphatic heterocycles. The summed E-state index contributed by atoms with van der Waals surface area (Å²) >= 11 is 6.13. The average molecular weight is 421 g/mol. The second-order valence-corrected chi connectivity index (χ2v) is 6.99. The summed E-state index contributed by atoms with van der Waals surface area (Å²) in [7, 11) is 1.58. The molecule has 2 amide bonds. The highest BCUT2D eigenvalue weighted by molar-refractivity contribution is 6.34. The number of anilines is 1. The molecule has 3 aromatic rings. The Morgan fingerprint density at radius 2 is 1.60 bits per heavy atom. The molecule has 0 aliphatic carbocycles. The Kier molecular flexibility index (Phi) is 6.88. The molecule has 30 heavy (non-hydrogen) atoms. The van der Waals surface area contributed by atoms with Gasteiger partial charge >= 0.3 is 0 Å². The van der Waals surface area contributed by atoms with E-state index in [-0.39, 0.29) is 11.3 Å². The first-order valence-electron chi connectivity index (χ1n) is 9.26. The zero-order valence-electron chi connectivity index (χ0n) is 16.6. The van der Waals surface area contributed by atoms with Gasteiger partial charge in [-0.1, -0.05) is 53.6 Å². The molecule has 0 bridgehead atoms. The normalized spacial score (nSPS) is 11.0. The van der Waals surface area contributed by atoms with Crippen molar-refractivity contribution in [2.24, 2.45) is 0 Å². The van der Waals surface area contributed by atoms with Crippen LogP contribution in [0.5, 0.6) is 5.75 Å². The van der Waals surface area contributed by atoms with Crippen LogP contribution in [-0.2, 0) is 4.79 Å². The zero-order valence-corrected chi connectivity index (χ0v) is 17.4. The molecular weight excluding hydrogens is 400 g/mol. The van der Waals surface area contributed by atoms with E-state index in [9.17, 15) is 9.59 Å². The standard InChI is InChI=1S/C24H21ClN2O3/c1-16-7-11-18(12-8-16)26-24(29)22(15-17-9-13-19(30-2)14-10-17)27-23(28)20-5-3-4-6-21(20)25/h3-15H,1-2H3,(H,26,29)(H,27,28). The van der Waals surface area contributed by atoms with Gasteiger partial charge in [0.2, 0.25) is 0 Å². The zero-order chi connectivity index (χ0) is 21.5. The predicted molar refractivity (Wildman–Crippen MR) is 120 cm³/mol. The first kappa shape index (κ1) is 21.1. The highest BCUT2D eigenvalue weighted by Crippen LogP contribution is 2.18. The molecule has 0 unspecified atom stereocenters. The van der Waals surface area contributed by atoms with Crippen LogP contribution in [0.2, 0.25) is 5.02 Å². The van der Waals surface area contributed by atoms with E-state index in [4.69, 9.17) is 16.3 Å². The van der Waals surface area contributed by atoms with Crippen LogP contribution >= 0.6 is 11.6 Å². The van der Waals surface area contributed by atoms with E-state index in [2.05, 4.69) is 10.6 Å². The second-order valence-electron chi connectivity index (χ2n) is 6.59. The van der Waals surface area contributed by atoms with Crippen molar-refractivity contribution in [3.05, 3.63) is 100 Å². The number of aryl methyl sites for hydroxylation is 1. The van der Waals surface area contributed by atoms with Crippen LogP contribution in [0.25, 0.3) is 6.08 Å². The molecular formula is C24H21ClN2O3. The summed E-state index contributed by atoms with van der Waals surface area (Å²) in [6, 6.07) is 21.2. The van der Waals surface area contributed by atoms with E-state index < -0.39 is 11.8 Å². The number of methoxy groups -OCH3 is 1. The van der Waals surface area contributed by atoms with Gasteiger partial charge in [0.1, 0.15) is 11.4 Å². The first-order valence-corrected chi connectivity index (χ1v) is 9.64. The number of ether oxygens (including phenoxy) is 1. The largest absolute Gasteiger partial charge is 0.497 e. The molecule has 3 rings (SSSR count). The first-order chi connectivity index (χ1) is 14.5. The van der Waals surface area contributed by atoms with E-state index in [1.54, 1.807) is 73.8 Å². The number of nitrogens with one attached hydrogen (secondary N) is 2. The summed E-state index contributed by atoms with van der Waals surface area (Å²) in [5.41, 5.74) is 2.80. The number of carbonyl (C=O) groups is 2. The van der Waals surface area contributed by atoms with Crippen LogP contribution in [0.1, 0.15) is 21.5 Å². The lowest BCUT2D eigenvalue weighted by Gasteiger charge is -2.12. The SMILES string of the molecule is COc1ccc(C=C(NC(=O)c2ccccc2Cl)C(=O)Nc2ccc(C)cc2)cc1. The molecule has 0 aromatic heterocycles. The summed E-state index contributed by atoms with van der Waals surface area (Å²) in [4.78, 5) is 25.7. The van der Waals surface area contributed by atoms with Gasteiger partial charge in [-0.25, -0.2) is 0 Å². The summed E-state index contributed by atoms with van der Waals surface area (Å²) in [5.74, 6) is -0.229. The highest BCUT2D eigenvalue weighted by Gasteiger charge is 2.17. The van der Waals surface area contributed by atoms with Crippen molar-refractivity contribution < 1.29 is 14.3 Å². The van der Waals surface area contributed by atoms with Gasteiger partial charge in [0.15, 0.2) is 0 Å². The Balaban J connectivity index is 1.89. The fraction of sp³-hybridized carbons (Fsp3) is 0.0833. The monoisotopic (exact) mass is 420 g/mol. The molecule has 0 radical (unpaired) electrons.